The first kappa shape index (κ1) is 28.5. The van der Waals surface area contributed by atoms with Gasteiger partial charge < -0.3 is 19.7 Å². The standard InChI is InChI=1S/C23H34N3O6P/c1-6-31-33(30,32-7-2)21(15-24)22(28)19(14-18-11-9-8-10-12-18)26-23(29)20(13-16(3)4)25-17(5)27/h8-12,16,19-21H,6-7,13-14H2,1-5H3,(H,25,27)(H,26,29)/t19-,20?,21?/m0/s1. The van der Waals surface area contributed by atoms with Crippen molar-refractivity contribution in [2.75, 3.05) is 13.2 Å². The first-order valence-electron chi connectivity index (χ1n) is 11.0. The van der Waals surface area contributed by atoms with E-state index < -0.39 is 37.0 Å². The Morgan fingerprint density at radius 3 is 2.06 bits per heavy atom. The van der Waals surface area contributed by atoms with E-state index in [9.17, 15) is 24.2 Å². The molecule has 0 saturated carbocycles. The number of Topliss-reactive ketones (excluding diaryl/α,β-unsaturated/α-hetero) is 1. The second-order valence-electron chi connectivity index (χ2n) is 7.94. The van der Waals surface area contributed by atoms with E-state index in [2.05, 4.69) is 10.6 Å². The van der Waals surface area contributed by atoms with Crippen LogP contribution in [-0.4, -0.2) is 48.6 Å². The van der Waals surface area contributed by atoms with Gasteiger partial charge in [0.15, 0.2) is 5.78 Å². The molecule has 0 fully saturated rings. The van der Waals surface area contributed by atoms with Crippen molar-refractivity contribution in [3.63, 3.8) is 0 Å². The third-order valence-corrected chi connectivity index (χ3v) is 6.91. The summed E-state index contributed by atoms with van der Waals surface area (Å²) in [5.74, 6) is -1.62. The number of amides is 2. The van der Waals surface area contributed by atoms with E-state index in [1.54, 1.807) is 44.2 Å². The van der Waals surface area contributed by atoms with Crippen LogP contribution in [0.5, 0.6) is 0 Å². The minimum atomic E-state index is -4.09. The number of carbonyl (C=O) groups is 3. The Bertz CT molecular complexity index is 874. The summed E-state index contributed by atoms with van der Waals surface area (Å²) in [5, 5.41) is 15.0. The maximum Gasteiger partial charge on any atom is 0.355 e. The van der Waals surface area contributed by atoms with Crippen LogP contribution in [0.15, 0.2) is 30.3 Å². The lowest BCUT2D eigenvalue weighted by molar-refractivity contribution is -0.131. The molecule has 0 aliphatic rings. The summed E-state index contributed by atoms with van der Waals surface area (Å²) in [6, 6.07) is 8.65. The van der Waals surface area contributed by atoms with Gasteiger partial charge in [-0.05, 0) is 38.2 Å². The van der Waals surface area contributed by atoms with Crippen molar-refractivity contribution in [1.82, 2.24) is 10.6 Å². The highest BCUT2D eigenvalue weighted by molar-refractivity contribution is 7.56. The van der Waals surface area contributed by atoms with Crippen molar-refractivity contribution in [1.29, 1.82) is 5.26 Å². The van der Waals surface area contributed by atoms with Crippen LogP contribution < -0.4 is 10.6 Å². The second kappa shape index (κ2) is 13.9. The lowest BCUT2D eigenvalue weighted by Crippen LogP contribution is -2.53. The first-order valence-corrected chi connectivity index (χ1v) is 12.6. The SMILES string of the molecule is CCOP(=O)(OCC)C(C#N)C(=O)[C@H](Cc1ccccc1)NC(=O)C(CC(C)C)NC(C)=O. The highest BCUT2D eigenvalue weighted by Gasteiger charge is 2.44. The summed E-state index contributed by atoms with van der Waals surface area (Å²) >= 11 is 0. The predicted molar refractivity (Wildman–Crippen MR) is 124 cm³/mol. The minimum absolute atomic E-state index is 0.0164. The topological polar surface area (TPSA) is 135 Å². The number of nitriles is 1. The maximum atomic E-state index is 13.4. The number of benzene rings is 1. The molecule has 2 N–H and O–H groups in total. The van der Waals surface area contributed by atoms with Crippen molar-refractivity contribution >= 4 is 25.2 Å². The van der Waals surface area contributed by atoms with Gasteiger partial charge in [-0.1, -0.05) is 44.2 Å². The Morgan fingerprint density at radius 2 is 1.61 bits per heavy atom. The lowest BCUT2D eigenvalue weighted by Gasteiger charge is -2.27. The molecule has 1 aromatic rings. The molecule has 10 heteroatoms. The number of carbonyl (C=O) groups excluding carboxylic acids is 3. The van der Waals surface area contributed by atoms with Crippen LogP contribution in [0.3, 0.4) is 0 Å². The van der Waals surface area contributed by atoms with Gasteiger partial charge in [-0.15, -0.1) is 0 Å². The van der Waals surface area contributed by atoms with Crippen LogP contribution in [0.2, 0.25) is 0 Å². The largest absolute Gasteiger partial charge is 0.355 e. The summed E-state index contributed by atoms with van der Waals surface area (Å²) in [5.41, 5.74) is -0.980. The van der Waals surface area contributed by atoms with Crippen LogP contribution in [-0.2, 0) is 34.4 Å². The van der Waals surface area contributed by atoms with E-state index in [-0.39, 0.29) is 31.5 Å². The van der Waals surface area contributed by atoms with Gasteiger partial charge >= 0.3 is 7.60 Å². The van der Waals surface area contributed by atoms with Crippen molar-refractivity contribution in [2.45, 2.75) is 65.2 Å². The van der Waals surface area contributed by atoms with Gasteiger partial charge in [0, 0.05) is 6.92 Å². The molecule has 0 aliphatic heterocycles. The zero-order valence-corrected chi connectivity index (χ0v) is 20.8. The number of ketones is 1. The summed E-state index contributed by atoms with van der Waals surface area (Å²) in [7, 11) is -4.09. The summed E-state index contributed by atoms with van der Waals surface area (Å²) in [6.45, 7) is 8.24. The monoisotopic (exact) mass is 479 g/mol. The number of nitrogens with one attached hydrogen (secondary N) is 2. The molecule has 0 aromatic heterocycles. The van der Waals surface area contributed by atoms with Gasteiger partial charge in [-0.25, -0.2) is 0 Å². The van der Waals surface area contributed by atoms with Gasteiger partial charge in [0.2, 0.25) is 17.5 Å². The molecule has 2 amide bonds. The predicted octanol–water partition coefficient (Wildman–Crippen LogP) is 2.99. The van der Waals surface area contributed by atoms with Crippen molar-refractivity contribution in [3.05, 3.63) is 35.9 Å². The van der Waals surface area contributed by atoms with Gasteiger partial charge in [-0.2, -0.15) is 5.26 Å². The average molecular weight is 480 g/mol. The van der Waals surface area contributed by atoms with E-state index in [1.807, 2.05) is 19.9 Å². The number of hydrogen-bond donors (Lipinski definition) is 2. The van der Waals surface area contributed by atoms with Gasteiger partial charge in [0.05, 0.1) is 25.3 Å². The zero-order valence-electron chi connectivity index (χ0n) is 19.9. The molecule has 0 heterocycles. The molecule has 2 unspecified atom stereocenters. The highest BCUT2D eigenvalue weighted by atomic mass is 31.2. The quantitative estimate of drug-likeness (QED) is 0.392. The van der Waals surface area contributed by atoms with E-state index in [1.165, 1.54) is 6.92 Å². The molecule has 3 atom stereocenters. The molecule has 1 rings (SSSR count). The van der Waals surface area contributed by atoms with Crippen LogP contribution in [0.4, 0.5) is 0 Å². The Morgan fingerprint density at radius 1 is 1.03 bits per heavy atom. The maximum absolute atomic E-state index is 13.4. The fourth-order valence-corrected chi connectivity index (χ4v) is 5.05. The second-order valence-corrected chi connectivity index (χ2v) is 10.1. The summed E-state index contributed by atoms with van der Waals surface area (Å²) in [6.07, 6.45) is 0.423. The number of nitrogens with zero attached hydrogens (tertiary/aromatic N) is 1. The van der Waals surface area contributed by atoms with Gasteiger partial charge in [0.1, 0.15) is 6.04 Å². The molecule has 182 valence electrons. The molecule has 0 radical (unpaired) electrons. The molecule has 0 aliphatic carbocycles. The van der Waals surface area contributed by atoms with Crippen molar-refractivity contribution in [3.8, 4) is 6.07 Å². The average Bonchev–Trinajstić information content (AvgIpc) is 2.73. The summed E-state index contributed by atoms with van der Waals surface area (Å²) in [4.78, 5) is 38.1. The summed E-state index contributed by atoms with van der Waals surface area (Å²) < 4.78 is 23.6. The molecule has 0 bridgehead atoms. The molecule has 33 heavy (non-hydrogen) atoms. The first-order chi connectivity index (χ1) is 15.6. The minimum Gasteiger partial charge on any atom is -0.345 e. The lowest BCUT2D eigenvalue weighted by atomic mass is 9.98. The molecular formula is C23H34N3O6P. The number of rotatable bonds is 14. The molecule has 0 spiro atoms. The Labute approximate surface area is 195 Å². The van der Waals surface area contributed by atoms with Crippen LogP contribution >= 0.6 is 7.60 Å². The van der Waals surface area contributed by atoms with Crippen molar-refractivity contribution < 1.29 is 28.0 Å². The number of hydrogen-bond acceptors (Lipinski definition) is 7. The smallest absolute Gasteiger partial charge is 0.345 e. The fraction of sp³-hybridized carbons (Fsp3) is 0.565. The van der Waals surface area contributed by atoms with E-state index in [0.717, 1.165) is 5.56 Å². The van der Waals surface area contributed by atoms with Crippen LogP contribution in [0.1, 0.15) is 46.6 Å². The van der Waals surface area contributed by atoms with Crippen LogP contribution in [0.25, 0.3) is 0 Å². The van der Waals surface area contributed by atoms with Gasteiger partial charge in [0.25, 0.3) is 0 Å². The molecule has 0 saturated heterocycles. The van der Waals surface area contributed by atoms with E-state index >= 15 is 0 Å². The fourth-order valence-electron chi connectivity index (χ4n) is 3.32. The zero-order chi connectivity index (χ0) is 25.0. The highest BCUT2D eigenvalue weighted by Crippen LogP contribution is 2.53. The third kappa shape index (κ3) is 9.09. The molecular weight excluding hydrogens is 445 g/mol. The third-order valence-electron chi connectivity index (χ3n) is 4.67. The molecule has 9 nitrogen and oxygen atoms in total. The Hall–Kier alpha value is -2.53. The molecule has 1 aromatic carbocycles. The van der Waals surface area contributed by atoms with E-state index in [0.29, 0.717) is 6.42 Å². The Kier molecular flexibility index (Phi) is 12.0. The normalized spacial score (nSPS) is 14.1. The Balaban J connectivity index is 3.30. The van der Waals surface area contributed by atoms with Gasteiger partial charge in [-0.3, -0.25) is 18.9 Å². The van der Waals surface area contributed by atoms with Crippen molar-refractivity contribution in [2.24, 2.45) is 5.92 Å². The van der Waals surface area contributed by atoms with E-state index in [4.69, 9.17) is 9.05 Å². The van der Waals surface area contributed by atoms with Crippen LogP contribution in [0, 0.1) is 17.2 Å².